The monoisotopic (exact) mass is 233 g/mol. The summed E-state index contributed by atoms with van der Waals surface area (Å²) in [6.07, 6.45) is 5.36. The molecule has 2 nitrogen and oxygen atoms in total. The second-order valence-electron chi connectivity index (χ2n) is 4.12. The molecule has 0 saturated heterocycles. The van der Waals surface area contributed by atoms with E-state index in [2.05, 4.69) is 6.92 Å². The van der Waals surface area contributed by atoms with Crippen molar-refractivity contribution in [2.45, 2.75) is 38.5 Å². The number of hydrogen-bond donors (Lipinski definition) is 0. The van der Waals surface area contributed by atoms with E-state index in [1.165, 1.54) is 5.56 Å². The van der Waals surface area contributed by atoms with Crippen molar-refractivity contribution in [2.24, 2.45) is 0 Å². The lowest BCUT2D eigenvalue weighted by molar-refractivity contribution is -0.143. The summed E-state index contributed by atoms with van der Waals surface area (Å²) in [5.41, 5.74) is 1.21. The standard InChI is InChI=1S/C15H21O2/c1-2-3-4-8-11-15(16)17-13-12-14-9-6-5-7-10-14/h5-7,9-10H,1-4,8,11-13H2. The van der Waals surface area contributed by atoms with Crippen LogP contribution in [0.3, 0.4) is 0 Å². The van der Waals surface area contributed by atoms with Crippen molar-refractivity contribution in [1.29, 1.82) is 0 Å². The van der Waals surface area contributed by atoms with E-state index in [0.29, 0.717) is 13.0 Å². The van der Waals surface area contributed by atoms with Crippen LogP contribution in [0.15, 0.2) is 30.3 Å². The van der Waals surface area contributed by atoms with Crippen LogP contribution in [0, 0.1) is 6.92 Å². The van der Waals surface area contributed by atoms with Gasteiger partial charge in [0.15, 0.2) is 0 Å². The molecule has 17 heavy (non-hydrogen) atoms. The molecule has 0 spiro atoms. The van der Waals surface area contributed by atoms with E-state index in [9.17, 15) is 4.79 Å². The first-order chi connectivity index (χ1) is 8.33. The second kappa shape index (κ2) is 8.80. The van der Waals surface area contributed by atoms with Crippen LogP contribution in [0.1, 0.15) is 37.7 Å². The quantitative estimate of drug-likeness (QED) is 0.507. The Bertz CT molecular complexity index is 306. The van der Waals surface area contributed by atoms with Gasteiger partial charge in [0.1, 0.15) is 0 Å². The van der Waals surface area contributed by atoms with Crippen molar-refractivity contribution in [3.63, 3.8) is 0 Å². The highest BCUT2D eigenvalue weighted by Gasteiger charge is 2.02. The van der Waals surface area contributed by atoms with E-state index in [0.717, 1.165) is 32.1 Å². The fraction of sp³-hybridized carbons (Fsp3) is 0.467. The fourth-order valence-electron chi connectivity index (χ4n) is 1.62. The minimum Gasteiger partial charge on any atom is -0.465 e. The zero-order valence-corrected chi connectivity index (χ0v) is 10.4. The zero-order valence-electron chi connectivity index (χ0n) is 10.4. The van der Waals surface area contributed by atoms with E-state index in [4.69, 9.17) is 4.74 Å². The van der Waals surface area contributed by atoms with Gasteiger partial charge in [0, 0.05) is 12.8 Å². The minimum absolute atomic E-state index is 0.0787. The molecule has 0 unspecified atom stereocenters. The van der Waals surface area contributed by atoms with Gasteiger partial charge in [-0.1, -0.05) is 56.5 Å². The summed E-state index contributed by atoms with van der Waals surface area (Å²) in [7, 11) is 0. The molecule has 0 fully saturated rings. The van der Waals surface area contributed by atoms with Crippen LogP contribution in [0.4, 0.5) is 0 Å². The molecule has 1 aromatic rings. The third kappa shape index (κ3) is 6.77. The molecule has 2 heteroatoms. The fourth-order valence-corrected chi connectivity index (χ4v) is 1.62. The van der Waals surface area contributed by atoms with Crippen molar-refractivity contribution in [1.82, 2.24) is 0 Å². The average molecular weight is 233 g/mol. The molecule has 1 rings (SSSR count). The molecule has 0 atom stereocenters. The molecule has 0 amide bonds. The maximum absolute atomic E-state index is 11.4. The van der Waals surface area contributed by atoms with Crippen LogP contribution in [0.2, 0.25) is 0 Å². The van der Waals surface area contributed by atoms with Crippen molar-refractivity contribution in [2.75, 3.05) is 6.61 Å². The van der Waals surface area contributed by atoms with Gasteiger partial charge in [-0.25, -0.2) is 0 Å². The third-order valence-electron chi connectivity index (χ3n) is 2.63. The number of rotatable bonds is 8. The Morgan fingerprint density at radius 3 is 2.59 bits per heavy atom. The SMILES string of the molecule is [CH2]CCCCCC(=O)OCCc1ccccc1. The lowest BCUT2D eigenvalue weighted by Gasteiger charge is -2.04. The first-order valence-corrected chi connectivity index (χ1v) is 6.31. The first kappa shape index (κ1) is 13.8. The predicted molar refractivity (Wildman–Crippen MR) is 69.5 cm³/mol. The molecule has 1 radical (unpaired) electrons. The van der Waals surface area contributed by atoms with Crippen molar-refractivity contribution in [3.8, 4) is 0 Å². The smallest absolute Gasteiger partial charge is 0.305 e. The molecule has 0 saturated carbocycles. The topological polar surface area (TPSA) is 26.3 Å². The first-order valence-electron chi connectivity index (χ1n) is 6.31. The molecule has 0 heterocycles. The van der Waals surface area contributed by atoms with Gasteiger partial charge >= 0.3 is 5.97 Å². The molecule has 0 aliphatic heterocycles. The third-order valence-corrected chi connectivity index (χ3v) is 2.63. The number of ether oxygens (including phenoxy) is 1. The van der Waals surface area contributed by atoms with Gasteiger partial charge in [-0.2, -0.15) is 0 Å². The van der Waals surface area contributed by atoms with Gasteiger partial charge < -0.3 is 4.74 Å². The molecule has 1 aromatic carbocycles. The average Bonchev–Trinajstić information content (AvgIpc) is 2.36. The van der Waals surface area contributed by atoms with Gasteiger partial charge in [0.05, 0.1) is 6.61 Å². The second-order valence-corrected chi connectivity index (χ2v) is 4.12. The molecule has 0 aromatic heterocycles. The summed E-state index contributed by atoms with van der Waals surface area (Å²) in [6.45, 7) is 4.25. The lowest BCUT2D eigenvalue weighted by Crippen LogP contribution is -2.07. The summed E-state index contributed by atoms with van der Waals surface area (Å²) in [4.78, 5) is 11.4. The Labute approximate surface area is 104 Å². The summed E-state index contributed by atoms with van der Waals surface area (Å²) in [6, 6.07) is 10.1. The molecule has 0 N–H and O–H groups in total. The van der Waals surface area contributed by atoms with E-state index in [1.807, 2.05) is 30.3 Å². The molecule has 0 aliphatic carbocycles. The van der Waals surface area contributed by atoms with Gasteiger partial charge in [-0.15, -0.1) is 0 Å². The molecular weight excluding hydrogens is 212 g/mol. The van der Waals surface area contributed by atoms with Gasteiger partial charge in [0.25, 0.3) is 0 Å². The molecule has 93 valence electrons. The summed E-state index contributed by atoms with van der Waals surface area (Å²) >= 11 is 0. The number of benzene rings is 1. The van der Waals surface area contributed by atoms with Crippen LogP contribution in [0.5, 0.6) is 0 Å². The number of esters is 1. The molecular formula is C15H21O2. The Hall–Kier alpha value is -1.31. The Kier molecular flexibility index (Phi) is 7.12. The largest absolute Gasteiger partial charge is 0.465 e. The number of hydrogen-bond acceptors (Lipinski definition) is 2. The van der Waals surface area contributed by atoms with Crippen molar-refractivity contribution >= 4 is 5.97 Å². The summed E-state index contributed by atoms with van der Waals surface area (Å²) < 4.78 is 5.17. The highest BCUT2D eigenvalue weighted by molar-refractivity contribution is 5.69. The van der Waals surface area contributed by atoms with Crippen LogP contribution >= 0.6 is 0 Å². The maximum atomic E-state index is 11.4. The summed E-state index contributed by atoms with van der Waals surface area (Å²) in [5, 5.41) is 0. The number of carbonyl (C=O) groups excluding carboxylic acids is 1. The molecule has 0 aliphatic rings. The van der Waals surface area contributed by atoms with Gasteiger partial charge in [-0.3, -0.25) is 4.79 Å². The minimum atomic E-state index is -0.0787. The van der Waals surface area contributed by atoms with E-state index >= 15 is 0 Å². The van der Waals surface area contributed by atoms with Crippen LogP contribution in [0.25, 0.3) is 0 Å². The Morgan fingerprint density at radius 1 is 1.12 bits per heavy atom. The maximum Gasteiger partial charge on any atom is 0.305 e. The zero-order chi connectivity index (χ0) is 12.3. The lowest BCUT2D eigenvalue weighted by atomic mass is 10.1. The van der Waals surface area contributed by atoms with E-state index < -0.39 is 0 Å². The van der Waals surface area contributed by atoms with Gasteiger partial charge in [0.2, 0.25) is 0 Å². The normalized spacial score (nSPS) is 10.2. The van der Waals surface area contributed by atoms with Crippen LogP contribution < -0.4 is 0 Å². The van der Waals surface area contributed by atoms with Crippen molar-refractivity contribution in [3.05, 3.63) is 42.8 Å². The van der Waals surface area contributed by atoms with E-state index in [1.54, 1.807) is 0 Å². The predicted octanol–water partition coefficient (Wildman–Crippen LogP) is 3.56. The van der Waals surface area contributed by atoms with Gasteiger partial charge in [-0.05, 0) is 12.0 Å². The van der Waals surface area contributed by atoms with E-state index in [-0.39, 0.29) is 5.97 Å². The van der Waals surface area contributed by atoms with Crippen LogP contribution in [-0.4, -0.2) is 12.6 Å². The number of carbonyl (C=O) groups is 1. The molecule has 0 bridgehead atoms. The number of unbranched alkanes of at least 4 members (excludes halogenated alkanes) is 3. The Balaban J connectivity index is 2.04. The highest BCUT2D eigenvalue weighted by Crippen LogP contribution is 2.04. The van der Waals surface area contributed by atoms with Crippen molar-refractivity contribution < 1.29 is 9.53 Å². The highest BCUT2D eigenvalue weighted by atomic mass is 16.5. The van der Waals surface area contributed by atoms with Crippen LogP contribution in [-0.2, 0) is 16.0 Å². The summed E-state index contributed by atoms with van der Waals surface area (Å²) in [5.74, 6) is -0.0787. The Morgan fingerprint density at radius 2 is 1.88 bits per heavy atom.